The fourth-order valence-corrected chi connectivity index (χ4v) is 2.44. The Morgan fingerprint density at radius 2 is 2.36 bits per heavy atom. The third kappa shape index (κ3) is 1.89. The molecule has 5 heteroatoms. The van der Waals surface area contributed by atoms with Crippen molar-refractivity contribution in [2.45, 2.75) is 6.10 Å². The molecule has 2 aromatic heterocycles. The second-order valence-corrected chi connectivity index (χ2v) is 5.32. The second-order valence-electron chi connectivity index (χ2n) is 3.03. The van der Waals surface area contributed by atoms with Crippen LogP contribution in [0.4, 0.5) is 0 Å². The van der Waals surface area contributed by atoms with Crippen molar-refractivity contribution in [1.29, 1.82) is 0 Å². The minimum atomic E-state index is -0.578. The number of rotatable bonds is 2. The van der Waals surface area contributed by atoms with E-state index in [1.165, 1.54) is 0 Å². The highest BCUT2D eigenvalue weighted by Crippen LogP contribution is 2.28. The fraction of sp³-hybridized carbons (Fsp3) is 0.222. The summed E-state index contributed by atoms with van der Waals surface area (Å²) in [6, 6.07) is 1.92. The second kappa shape index (κ2) is 3.84. The van der Waals surface area contributed by atoms with Gasteiger partial charge in [0.1, 0.15) is 6.10 Å². The van der Waals surface area contributed by atoms with Crippen LogP contribution in [0.3, 0.4) is 0 Å². The summed E-state index contributed by atoms with van der Waals surface area (Å²) in [5.41, 5.74) is 1.72. The van der Waals surface area contributed by atoms with Crippen molar-refractivity contribution in [2.75, 3.05) is 0 Å². The smallest absolute Gasteiger partial charge is 0.108 e. The Morgan fingerprint density at radius 1 is 1.57 bits per heavy atom. The summed E-state index contributed by atoms with van der Waals surface area (Å²) in [5, 5.41) is 15.9. The normalized spacial score (nSPS) is 13.1. The van der Waals surface area contributed by atoms with Crippen molar-refractivity contribution in [3.05, 3.63) is 38.8 Å². The monoisotopic (exact) mass is 272 g/mol. The van der Waals surface area contributed by atoms with Gasteiger partial charge in [-0.1, -0.05) is 0 Å². The molecule has 0 amide bonds. The van der Waals surface area contributed by atoms with Crippen LogP contribution in [0.2, 0.25) is 0 Å². The van der Waals surface area contributed by atoms with E-state index in [0.717, 1.165) is 14.9 Å². The number of halogens is 1. The Labute approximate surface area is 94.1 Å². The van der Waals surface area contributed by atoms with E-state index in [0.29, 0.717) is 0 Å². The fourth-order valence-electron chi connectivity index (χ4n) is 1.24. The Morgan fingerprint density at radius 3 is 2.86 bits per heavy atom. The number of aliphatic hydroxyl groups is 1. The zero-order valence-electron chi connectivity index (χ0n) is 7.51. The predicted octanol–water partition coefficient (Wildman–Crippen LogP) is 2.33. The van der Waals surface area contributed by atoms with Crippen molar-refractivity contribution in [1.82, 2.24) is 9.78 Å². The molecule has 74 valence electrons. The van der Waals surface area contributed by atoms with Crippen LogP contribution < -0.4 is 0 Å². The molecule has 0 aliphatic rings. The number of nitrogens with zero attached hydrogens (tertiary/aromatic N) is 2. The SMILES string of the molecule is Cn1cc(C(O)c2csc(Br)c2)cn1. The first-order valence-corrected chi connectivity index (χ1v) is 5.74. The summed E-state index contributed by atoms with van der Waals surface area (Å²) < 4.78 is 2.70. The summed E-state index contributed by atoms with van der Waals surface area (Å²) in [5.74, 6) is 0. The molecule has 1 unspecified atom stereocenters. The van der Waals surface area contributed by atoms with E-state index < -0.39 is 6.10 Å². The van der Waals surface area contributed by atoms with E-state index in [2.05, 4.69) is 21.0 Å². The highest BCUT2D eigenvalue weighted by molar-refractivity contribution is 9.11. The number of thiophene rings is 1. The summed E-state index contributed by atoms with van der Waals surface area (Å²) in [6.07, 6.45) is 2.91. The molecule has 0 bridgehead atoms. The summed E-state index contributed by atoms with van der Waals surface area (Å²) in [6.45, 7) is 0. The molecule has 2 aromatic rings. The number of hydrogen-bond donors (Lipinski definition) is 1. The van der Waals surface area contributed by atoms with Gasteiger partial charge in [-0.2, -0.15) is 5.10 Å². The minimum Gasteiger partial charge on any atom is -0.384 e. The lowest BCUT2D eigenvalue weighted by Crippen LogP contribution is -1.95. The molecule has 0 aliphatic heterocycles. The van der Waals surface area contributed by atoms with Crippen molar-refractivity contribution >= 4 is 27.3 Å². The van der Waals surface area contributed by atoms with Crippen LogP contribution in [0, 0.1) is 0 Å². The van der Waals surface area contributed by atoms with Crippen LogP contribution in [0.1, 0.15) is 17.2 Å². The molecule has 0 radical (unpaired) electrons. The average Bonchev–Trinajstić information content (AvgIpc) is 2.73. The number of hydrogen-bond acceptors (Lipinski definition) is 3. The summed E-state index contributed by atoms with van der Waals surface area (Å²) >= 11 is 4.93. The van der Waals surface area contributed by atoms with E-state index in [9.17, 15) is 5.11 Å². The van der Waals surface area contributed by atoms with Crippen molar-refractivity contribution in [3.63, 3.8) is 0 Å². The van der Waals surface area contributed by atoms with Crippen LogP contribution >= 0.6 is 27.3 Å². The first-order valence-electron chi connectivity index (χ1n) is 4.07. The van der Waals surface area contributed by atoms with Gasteiger partial charge in [0.25, 0.3) is 0 Å². The highest BCUT2D eigenvalue weighted by Gasteiger charge is 2.13. The van der Waals surface area contributed by atoms with Crippen LogP contribution in [0.25, 0.3) is 0 Å². The lowest BCUT2D eigenvalue weighted by Gasteiger charge is -2.04. The molecule has 3 nitrogen and oxygen atoms in total. The van der Waals surface area contributed by atoms with Crippen LogP contribution in [0.5, 0.6) is 0 Å². The molecule has 1 atom stereocenters. The van der Waals surface area contributed by atoms with Gasteiger partial charge in [0.15, 0.2) is 0 Å². The van der Waals surface area contributed by atoms with Gasteiger partial charge in [0.05, 0.1) is 9.98 Å². The van der Waals surface area contributed by atoms with Gasteiger partial charge in [-0.25, -0.2) is 0 Å². The van der Waals surface area contributed by atoms with E-state index in [1.807, 2.05) is 24.7 Å². The largest absolute Gasteiger partial charge is 0.384 e. The van der Waals surface area contributed by atoms with Gasteiger partial charge in [0.2, 0.25) is 0 Å². The van der Waals surface area contributed by atoms with Gasteiger partial charge in [-0.3, -0.25) is 4.68 Å². The highest BCUT2D eigenvalue weighted by atomic mass is 79.9. The molecule has 0 saturated carbocycles. The molecule has 14 heavy (non-hydrogen) atoms. The number of aryl methyl sites for hydroxylation is 1. The van der Waals surface area contributed by atoms with Gasteiger partial charge in [0, 0.05) is 18.8 Å². The Balaban J connectivity index is 2.28. The number of aliphatic hydroxyl groups excluding tert-OH is 1. The molecule has 1 N–H and O–H groups in total. The Kier molecular flexibility index (Phi) is 2.71. The number of aromatic nitrogens is 2. The average molecular weight is 273 g/mol. The van der Waals surface area contributed by atoms with Gasteiger partial charge >= 0.3 is 0 Å². The van der Waals surface area contributed by atoms with E-state index in [4.69, 9.17) is 0 Å². The molecule has 0 aliphatic carbocycles. The van der Waals surface area contributed by atoms with E-state index in [1.54, 1.807) is 22.2 Å². The molecule has 0 saturated heterocycles. The minimum absolute atomic E-state index is 0.578. The Bertz CT molecular complexity index is 397. The first kappa shape index (κ1) is 9.89. The Hall–Kier alpha value is -0.650. The standard InChI is InChI=1S/C9H9BrN2OS/c1-12-4-7(3-11-12)9(13)6-2-8(10)14-5-6/h2-5,9,13H,1H3. The van der Waals surface area contributed by atoms with Crippen molar-refractivity contribution in [3.8, 4) is 0 Å². The zero-order valence-corrected chi connectivity index (χ0v) is 9.92. The predicted molar refractivity (Wildman–Crippen MR) is 59.3 cm³/mol. The molecule has 0 fully saturated rings. The summed E-state index contributed by atoms with van der Waals surface area (Å²) in [4.78, 5) is 0. The van der Waals surface area contributed by atoms with Gasteiger partial charge < -0.3 is 5.11 Å². The third-order valence-corrected chi connectivity index (χ3v) is 3.47. The topological polar surface area (TPSA) is 38.0 Å². The van der Waals surface area contributed by atoms with Crippen LogP contribution in [0.15, 0.2) is 27.6 Å². The lowest BCUT2D eigenvalue weighted by molar-refractivity contribution is 0.220. The van der Waals surface area contributed by atoms with Crippen molar-refractivity contribution < 1.29 is 5.11 Å². The molecule has 0 spiro atoms. The molecule has 0 aromatic carbocycles. The van der Waals surface area contributed by atoms with E-state index in [-0.39, 0.29) is 0 Å². The van der Waals surface area contributed by atoms with E-state index >= 15 is 0 Å². The maximum Gasteiger partial charge on any atom is 0.108 e. The zero-order chi connectivity index (χ0) is 10.1. The molecular weight excluding hydrogens is 264 g/mol. The van der Waals surface area contributed by atoms with Crippen molar-refractivity contribution in [2.24, 2.45) is 7.05 Å². The third-order valence-electron chi connectivity index (χ3n) is 1.94. The molecular formula is C9H9BrN2OS. The first-order chi connectivity index (χ1) is 6.66. The van der Waals surface area contributed by atoms with Gasteiger partial charge in [-0.15, -0.1) is 11.3 Å². The van der Waals surface area contributed by atoms with Gasteiger partial charge in [-0.05, 0) is 32.9 Å². The van der Waals surface area contributed by atoms with Crippen LogP contribution in [-0.2, 0) is 7.05 Å². The lowest BCUT2D eigenvalue weighted by atomic mass is 10.1. The quantitative estimate of drug-likeness (QED) is 0.911. The maximum absolute atomic E-state index is 9.95. The molecule has 2 rings (SSSR count). The maximum atomic E-state index is 9.95. The summed E-state index contributed by atoms with van der Waals surface area (Å²) in [7, 11) is 1.83. The van der Waals surface area contributed by atoms with Crippen LogP contribution in [-0.4, -0.2) is 14.9 Å². The molecule has 2 heterocycles.